The van der Waals surface area contributed by atoms with Gasteiger partial charge in [0.05, 0.1) is 0 Å². The zero-order chi connectivity index (χ0) is 10.3. The molecule has 13 heavy (non-hydrogen) atoms. The molecule has 1 heteroatoms. The van der Waals surface area contributed by atoms with Crippen molar-refractivity contribution in [1.29, 1.82) is 0 Å². The second-order valence-electron chi connectivity index (χ2n) is 5.18. The Bertz CT molecular complexity index is 108. The van der Waals surface area contributed by atoms with Gasteiger partial charge in [0.2, 0.25) is 0 Å². The van der Waals surface area contributed by atoms with E-state index < -0.39 is 14.3 Å². The molecule has 0 aliphatic heterocycles. The molecule has 0 amide bonds. The van der Waals surface area contributed by atoms with Gasteiger partial charge in [-0.2, -0.15) is 0 Å². The minimum absolute atomic E-state index is 0.513. The predicted octanol–water partition coefficient (Wildman–Crippen LogP) is 4.59. The third kappa shape index (κ3) is 10.5. The zero-order valence-electron chi connectivity index (χ0n) is 10.2. The summed E-state index contributed by atoms with van der Waals surface area (Å²) in [6, 6.07) is 0. The van der Waals surface area contributed by atoms with Crippen molar-refractivity contribution in [2.45, 2.75) is 63.2 Å². The van der Waals surface area contributed by atoms with E-state index in [0.29, 0.717) is 0 Å². The quantitative estimate of drug-likeness (QED) is 0.574. The van der Waals surface area contributed by atoms with Gasteiger partial charge in [0.15, 0.2) is 0 Å². The Morgan fingerprint density at radius 1 is 0.923 bits per heavy atom. The Morgan fingerprint density at radius 2 is 1.54 bits per heavy atom. The van der Waals surface area contributed by atoms with Gasteiger partial charge in [-0.3, -0.25) is 0 Å². The molecule has 0 aromatic carbocycles. The van der Waals surface area contributed by atoms with Crippen molar-refractivity contribution in [2.75, 3.05) is 0 Å². The zero-order valence-corrected chi connectivity index (χ0v) is 12.3. The molecule has 0 aliphatic rings. The van der Waals surface area contributed by atoms with Crippen LogP contribution < -0.4 is 0 Å². The molecule has 0 fully saturated rings. The number of hydrogen-bond acceptors (Lipinski definition) is 0. The fourth-order valence-corrected chi connectivity index (χ4v) is 3.80. The van der Waals surface area contributed by atoms with Crippen LogP contribution >= 0.6 is 0 Å². The summed E-state index contributed by atoms with van der Waals surface area (Å²) in [7, 11) is 0. The maximum absolute atomic E-state index is 2.49. The van der Waals surface area contributed by atoms with Crippen LogP contribution in [0.2, 0.25) is 16.8 Å². The van der Waals surface area contributed by atoms with Crippen LogP contribution in [-0.4, -0.2) is 14.3 Å². The van der Waals surface area contributed by atoms with Gasteiger partial charge in [-0.25, -0.2) is 0 Å². The first-order chi connectivity index (χ1) is 6.02. The fourth-order valence-electron chi connectivity index (χ4n) is 1.55. The van der Waals surface area contributed by atoms with Gasteiger partial charge in [0.1, 0.15) is 0 Å². The Morgan fingerprint density at radius 3 is 2.00 bits per heavy atom. The van der Waals surface area contributed by atoms with Crippen LogP contribution in [0, 0.1) is 11.8 Å². The number of rotatable bonds is 7. The fraction of sp³-hybridized carbons (Fsp3) is 1.00. The number of hydrogen-bond donors (Lipinski definition) is 0. The third-order valence-corrected chi connectivity index (χ3v) is 5.32. The van der Waals surface area contributed by atoms with Gasteiger partial charge in [-0.05, 0) is 0 Å². The normalized spacial score (nSPS) is 14.1. The van der Waals surface area contributed by atoms with E-state index in [1.807, 2.05) is 0 Å². The molecule has 0 aromatic heterocycles. The van der Waals surface area contributed by atoms with Crippen molar-refractivity contribution < 1.29 is 0 Å². The molecular formula is C12H27Ge. The van der Waals surface area contributed by atoms with Crippen LogP contribution in [0.3, 0.4) is 0 Å². The Kier molecular flexibility index (Phi) is 8.23. The van der Waals surface area contributed by atoms with E-state index in [0.717, 1.165) is 11.8 Å². The molecule has 0 nitrogen and oxygen atoms in total. The summed E-state index contributed by atoms with van der Waals surface area (Å²) in [5.74, 6) is 6.86. The van der Waals surface area contributed by atoms with Crippen LogP contribution in [0.25, 0.3) is 0 Å². The van der Waals surface area contributed by atoms with Crippen molar-refractivity contribution >= 4 is 14.3 Å². The second-order valence-corrected chi connectivity index (χ2v) is 11.3. The Balaban J connectivity index is 3.25. The van der Waals surface area contributed by atoms with E-state index in [1.165, 1.54) is 25.7 Å². The van der Waals surface area contributed by atoms with Gasteiger partial charge in [0, 0.05) is 0 Å². The predicted molar refractivity (Wildman–Crippen MR) is 64.8 cm³/mol. The van der Waals surface area contributed by atoms with E-state index in [-0.39, 0.29) is 0 Å². The Hall–Kier alpha value is 0.543. The van der Waals surface area contributed by atoms with Crippen molar-refractivity contribution in [2.24, 2.45) is 11.8 Å². The van der Waals surface area contributed by atoms with Crippen LogP contribution in [0.1, 0.15) is 46.5 Å². The van der Waals surface area contributed by atoms with Gasteiger partial charge in [0.25, 0.3) is 0 Å². The maximum atomic E-state index is 2.49. The molecule has 1 unspecified atom stereocenters. The minimum atomic E-state index is -0.513. The average molecular weight is 244 g/mol. The third-order valence-electron chi connectivity index (χ3n) is 2.62. The summed E-state index contributed by atoms with van der Waals surface area (Å²) < 4.78 is 0. The topological polar surface area (TPSA) is 0 Å². The van der Waals surface area contributed by atoms with E-state index in [1.54, 1.807) is 5.25 Å². The Labute approximate surface area is 89.6 Å². The molecule has 0 aliphatic carbocycles. The van der Waals surface area contributed by atoms with E-state index in [9.17, 15) is 0 Å². The summed E-state index contributed by atoms with van der Waals surface area (Å²) in [6.07, 6.45) is 5.83. The first-order valence-electron chi connectivity index (χ1n) is 5.81. The summed E-state index contributed by atoms with van der Waals surface area (Å²) in [5, 5.41) is 1.57. The molecule has 0 spiro atoms. The van der Waals surface area contributed by atoms with E-state index in [4.69, 9.17) is 0 Å². The van der Waals surface area contributed by atoms with Crippen molar-refractivity contribution in [3.63, 3.8) is 0 Å². The monoisotopic (exact) mass is 245 g/mol. The molecule has 79 valence electrons. The first kappa shape index (κ1) is 13.5. The molecule has 0 saturated carbocycles. The van der Waals surface area contributed by atoms with Gasteiger partial charge >= 0.3 is 89.4 Å². The van der Waals surface area contributed by atoms with Crippen LogP contribution in [-0.2, 0) is 0 Å². The van der Waals surface area contributed by atoms with Gasteiger partial charge < -0.3 is 0 Å². The molecule has 1 atom stereocenters. The molecule has 0 aromatic rings. The van der Waals surface area contributed by atoms with Crippen LogP contribution in [0.5, 0.6) is 0 Å². The molecule has 0 saturated heterocycles. The summed E-state index contributed by atoms with van der Waals surface area (Å²) in [5.41, 5.74) is 0. The van der Waals surface area contributed by atoms with Gasteiger partial charge in [-0.1, -0.05) is 0 Å². The van der Waals surface area contributed by atoms with E-state index in [2.05, 4.69) is 32.3 Å². The molecule has 1 radical (unpaired) electrons. The average Bonchev–Trinajstić information content (AvgIpc) is 2.00. The molecule has 0 rings (SSSR count). The first-order valence-corrected chi connectivity index (χ1v) is 11.5. The summed E-state index contributed by atoms with van der Waals surface area (Å²) >= 11 is -0.513. The van der Waals surface area contributed by atoms with Crippen molar-refractivity contribution in [3.8, 4) is 0 Å². The molecule has 0 heterocycles. The van der Waals surface area contributed by atoms with Gasteiger partial charge in [-0.15, -0.1) is 0 Å². The van der Waals surface area contributed by atoms with Crippen LogP contribution in [0.15, 0.2) is 0 Å². The summed E-state index contributed by atoms with van der Waals surface area (Å²) in [6.45, 7) is 7.09. The molecule has 0 N–H and O–H groups in total. The van der Waals surface area contributed by atoms with Crippen molar-refractivity contribution in [3.05, 3.63) is 0 Å². The van der Waals surface area contributed by atoms with E-state index >= 15 is 0 Å². The van der Waals surface area contributed by atoms with Crippen molar-refractivity contribution in [1.82, 2.24) is 0 Å². The standard InChI is InChI=1S/C12H27Ge/c1-11(2)7-6-8-12(3)9-10-13(4)5/h11-12H,6-10H2,1-5H3. The van der Waals surface area contributed by atoms with Crippen LogP contribution in [0.4, 0.5) is 0 Å². The molecular weight excluding hydrogens is 217 g/mol. The summed E-state index contributed by atoms with van der Waals surface area (Å²) in [4.78, 5) is 0. The SMILES string of the molecule is CC(C)CCCC(C)C[CH2][Ge]([CH3])[CH3]. The second kappa shape index (κ2) is 7.90. The molecule has 0 bridgehead atoms.